The van der Waals surface area contributed by atoms with Gasteiger partial charge in [0.25, 0.3) is 0 Å². The van der Waals surface area contributed by atoms with Crippen LogP contribution in [0.1, 0.15) is 36.5 Å². The summed E-state index contributed by atoms with van der Waals surface area (Å²) in [6.45, 7) is 4.34. The molecule has 3 rings (SSSR count). The molecule has 3 nitrogen and oxygen atoms in total. The maximum Gasteiger partial charge on any atom is 0.170 e. The second-order valence-electron chi connectivity index (χ2n) is 5.29. The first kappa shape index (κ1) is 14.9. The van der Waals surface area contributed by atoms with Crippen LogP contribution in [-0.4, -0.2) is 21.0 Å². The number of nitrogens with zero attached hydrogens (tertiary/aromatic N) is 2. The molecule has 0 spiro atoms. The molecule has 0 bridgehead atoms. The molecule has 2 atom stereocenters. The molecule has 6 heteroatoms. The standard InChI is InChI=1S/C15H16BrN3S2/c1-9(2)19-14(12-7-10(16)8-21-12)13(18-15(19)20)11-5-3-4-6-17-11/h3-9,13-14H,1-2H3,(H,18,20)/t13-,14+/m1/s1. The molecule has 21 heavy (non-hydrogen) atoms. The van der Waals surface area contributed by atoms with Crippen molar-refractivity contribution >= 4 is 44.6 Å². The van der Waals surface area contributed by atoms with Gasteiger partial charge in [-0.05, 0) is 60.2 Å². The van der Waals surface area contributed by atoms with Gasteiger partial charge in [0, 0.05) is 27.0 Å². The molecule has 1 aliphatic heterocycles. The Bertz CT molecular complexity index is 641. The van der Waals surface area contributed by atoms with Crippen molar-refractivity contribution in [3.05, 3.63) is 50.9 Å². The first-order chi connectivity index (χ1) is 10.1. The van der Waals surface area contributed by atoms with E-state index in [0.717, 1.165) is 15.3 Å². The Morgan fingerprint density at radius 2 is 2.24 bits per heavy atom. The summed E-state index contributed by atoms with van der Waals surface area (Å²) in [5.74, 6) is 0. The Balaban J connectivity index is 2.05. The van der Waals surface area contributed by atoms with Crippen LogP contribution in [0.2, 0.25) is 0 Å². The van der Waals surface area contributed by atoms with Crippen LogP contribution in [0.3, 0.4) is 0 Å². The molecule has 1 aliphatic rings. The Morgan fingerprint density at radius 1 is 1.43 bits per heavy atom. The van der Waals surface area contributed by atoms with Gasteiger partial charge in [-0.3, -0.25) is 4.98 Å². The van der Waals surface area contributed by atoms with Crippen LogP contribution in [-0.2, 0) is 0 Å². The third-order valence-corrected chi connectivity index (χ3v) is 5.66. The SMILES string of the molecule is CC(C)N1C(=S)N[C@H](c2ccccn2)[C@@H]1c1cc(Br)cs1. The molecule has 0 aliphatic carbocycles. The maximum atomic E-state index is 5.56. The summed E-state index contributed by atoms with van der Waals surface area (Å²) in [4.78, 5) is 8.08. The van der Waals surface area contributed by atoms with Crippen LogP contribution in [0, 0.1) is 0 Å². The van der Waals surface area contributed by atoms with Gasteiger partial charge in [0.1, 0.15) is 0 Å². The van der Waals surface area contributed by atoms with Gasteiger partial charge in [0.2, 0.25) is 0 Å². The summed E-state index contributed by atoms with van der Waals surface area (Å²) < 4.78 is 1.11. The number of aromatic nitrogens is 1. The van der Waals surface area contributed by atoms with Crippen LogP contribution < -0.4 is 5.32 Å². The maximum absolute atomic E-state index is 5.56. The molecule has 1 N–H and O–H groups in total. The molecule has 2 aromatic rings. The van der Waals surface area contributed by atoms with E-state index < -0.39 is 0 Å². The highest BCUT2D eigenvalue weighted by Crippen LogP contribution is 2.42. The molecule has 110 valence electrons. The van der Waals surface area contributed by atoms with E-state index >= 15 is 0 Å². The summed E-state index contributed by atoms with van der Waals surface area (Å²) in [7, 11) is 0. The lowest BCUT2D eigenvalue weighted by atomic mass is 10.0. The van der Waals surface area contributed by atoms with Gasteiger partial charge in [-0.2, -0.15) is 0 Å². The van der Waals surface area contributed by atoms with Gasteiger partial charge in [-0.1, -0.05) is 6.07 Å². The fourth-order valence-corrected chi connectivity index (χ4v) is 4.74. The summed E-state index contributed by atoms with van der Waals surface area (Å²) >= 11 is 10.9. The number of halogens is 1. The summed E-state index contributed by atoms with van der Waals surface area (Å²) in [5, 5.41) is 6.36. The lowest BCUT2D eigenvalue weighted by molar-refractivity contribution is 0.273. The van der Waals surface area contributed by atoms with Crippen LogP contribution in [0.4, 0.5) is 0 Å². The van der Waals surface area contributed by atoms with E-state index in [9.17, 15) is 0 Å². The second kappa shape index (κ2) is 6.02. The summed E-state index contributed by atoms with van der Waals surface area (Å²) in [6, 6.07) is 8.80. The number of hydrogen-bond donors (Lipinski definition) is 1. The fraction of sp³-hybridized carbons (Fsp3) is 0.333. The van der Waals surface area contributed by atoms with Crippen LogP contribution in [0.25, 0.3) is 0 Å². The van der Waals surface area contributed by atoms with Crippen molar-refractivity contribution in [2.75, 3.05) is 0 Å². The van der Waals surface area contributed by atoms with Gasteiger partial charge in [0.05, 0.1) is 17.8 Å². The molecule has 1 fully saturated rings. The smallest absolute Gasteiger partial charge is 0.170 e. The largest absolute Gasteiger partial charge is 0.352 e. The van der Waals surface area contributed by atoms with E-state index in [1.54, 1.807) is 11.3 Å². The number of nitrogens with one attached hydrogen (secondary N) is 1. The number of thiophene rings is 1. The van der Waals surface area contributed by atoms with Crippen LogP contribution >= 0.6 is 39.5 Å². The minimum absolute atomic E-state index is 0.0895. The van der Waals surface area contributed by atoms with Crippen molar-refractivity contribution in [1.82, 2.24) is 15.2 Å². The van der Waals surface area contributed by atoms with Crippen LogP contribution in [0.15, 0.2) is 40.3 Å². The highest BCUT2D eigenvalue weighted by Gasteiger charge is 2.41. The normalized spacial score (nSPS) is 21.9. The molecule has 0 saturated carbocycles. The summed E-state index contributed by atoms with van der Waals surface area (Å²) in [5.41, 5.74) is 1.03. The number of thiocarbonyl (C=S) groups is 1. The average Bonchev–Trinajstić information content (AvgIpc) is 3.03. The van der Waals surface area contributed by atoms with Crippen molar-refractivity contribution < 1.29 is 0 Å². The average molecular weight is 382 g/mol. The Morgan fingerprint density at radius 3 is 2.81 bits per heavy atom. The zero-order valence-corrected chi connectivity index (χ0v) is 15.0. The molecule has 0 unspecified atom stereocenters. The van der Waals surface area contributed by atoms with Crippen molar-refractivity contribution in [3.63, 3.8) is 0 Å². The number of pyridine rings is 1. The first-order valence-electron chi connectivity index (χ1n) is 6.81. The Hall–Kier alpha value is -0.980. The van der Waals surface area contributed by atoms with Crippen molar-refractivity contribution in [1.29, 1.82) is 0 Å². The number of rotatable bonds is 3. The molecular weight excluding hydrogens is 366 g/mol. The topological polar surface area (TPSA) is 28.2 Å². The third-order valence-electron chi connectivity index (χ3n) is 3.57. The predicted molar refractivity (Wildman–Crippen MR) is 94.4 cm³/mol. The van der Waals surface area contributed by atoms with Gasteiger partial charge in [0.15, 0.2) is 5.11 Å². The Kier molecular flexibility index (Phi) is 4.28. The molecule has 2 aromatic heterocycles. The predicted octanol–water partition coefficient (Wildman–Crippen LogP) is 4.29. The van der Waals surface area contributed by atoms with E-state index in [4.69, 9.17) is 12.2 Å². The number of hydrogen-bond acceptors (Lipinski definition) is 3. The van der Waals surface area contributed by atoms with Gasteiger partial charge < -0.3 is 10.2 Å². The van der Waals surface area contributed by atoms with Crippen molar-refractivity contribution in [2.24, 2.45) is 0 Å². The minimum Gasteiger partial charge on any atom is -0.352 e. The highest BCUT2D eigenvalue weighted by molar-refractivity contribution is 9.10. The van der Waals surface area contributed by atoms with E-state index in [1.165, 1.54) is 4.88 Å². The van der Waals surface area contributed by atoms with Gasteiger partial charge >= 0.3 is 0 Å². The first-order valence-corrected chi connectivity index (χ1v) is 8.89. The lowest BCUT2D eigenvalue weighted by Crippen LogP contribution is -2.35. The monoisotopic (exact) mass is 381 g/mol. The third kappa shape index (κ3) is 2.84. The molecular formula is C15H16BrN3S2. The molecule has 3 heterocycles. The molecule has 1 saturated heterocycles. The van der Waals surface area contributed by atoms with Crippen LogP contribution in [0.5, 0.6) is 0 Å². The van der Waals surface area contributed by atoms with E-state index in [0.29, 0.717) is 6.04 Å². The molecule has 0 aromatic carbocycles. The highest BCUT2D eigenvalue weighted by atomic mass is 79.9. The quantitative estimate of drug-likeness (QED) is 0.802. The van der Waals surface area contributed by atoms with Gasteiger partial charge in [-0.25, -0.2) is 0 Å². The van der Waals surface area contributed by atoms with Gasteiger partial charge in [-0.15, -0.1) is 11.3 Å². The van der Waals surface area contributed by atoms with E-state index in [2.05, 4.69) is 62.5 Å². The molecule has 0 amide bonds. The fourth-order valence-electron chi connectivity index (χ4n) is 2.71. The zero-order chi connectivity index (χ0) is 15.0. The summed E-state index contributed by atoms with van der Waals surface area (Å²) in [6.07, 6.45) is 1.83. The minimum atomic E-state index is 0.0895. The Labute approximate surface area is 142 Å². The van der Waals surface area contributed by atoms with E-state index in [-0.39, 0.29) is 12.1 Å². The lowest BCUT2D eigenvalue weighted by Gasteiger charge is -2.30. The second-order valence-corrected chi connectivity index (χ2v) is 7.54. The van der Waals surface area contributed by atoms with Crippen molar-refractivity contribution in [2.45, 2.75) is 32.0 Å². The van der Waals surface area contributed by atoms with Crippen molar-refractivity contribution in [3.8, 4) is 0 Å². The molecule has 0 radical (unpaired) electrons. The van der Waals surface area contributed by atoms with E-state index in [1.807, 2.05) is 18.3 Å². The zero-order valence-electron chi connectivity index (χ0n) is 11.8.